The fourth-order valence-electron chi connectivity index (χ4n) is 9.17. The van der Waals surface area contributed by atoms with Crippen molar-refractivity contribution >= 4 is 25.8 Å². The second kappa shape index (κ2) is 20.7. The molecule has 0 aliphatic rings. The van der Waals surface area contributed by atoms with E-state index in [1.807, 2.05) is 72.8 Å². The van der Waals surface area contributed by atoms with Gasteiger partial charge in [-0.25, -0.2) is 9.13 Å². The summed E-state index contributed by atoms with van der Waals surface area (Å²) in [5.41, 5.74) is 7.60. The molecule has 6 aromatic carbocycles. The Bertz CT molecular complexity index is 2760. The average molecular weight is 1070 g/mol. The molecule has 6 aromatic rings. The van der Waals surface area contributed by atoms with Crippen LogP contribution >= 0.6 is 15.2 Å². The van der Waals surface area contributed by atoms with Gasteiger partial charge in [-0.1, -0.05) is 239 Å². The highest BCUT2D eigenvalue weighted by Gasteiger charge is 2.39. The van der Waals surface area contributed by atoms with E-state index in [0.717, 1.165) is 55.6 Å². The van der Waals surface area contributed by atoms with Gasteiger partial charge in [0.05, 0.1) is 10.6 Å². The summed E-state index contributed by atoms with van der Waals surface area (Å²) < 4.78 is 60.2. The smallest absolute Gasteiger partial charge is 0.412 e. The molecule has 0 fully saturated rings. The highest BCUT2D eigenvalue weighted by Crippen LogP contribution is 2.55. The van der Waals surface area contributed by atoms with Crippen molar-refractivity contribution in [2.75, 3.05) is 0 Å². The predicted molar refractivity (Wildman–Crippen MR) is 324 cm³/mol. The second-order valence-electron chi connectivity index (χ2n) is 29.3. The molecule has 0 spiro atoms. The van der Waals surface area contributed by atoms with Crippen molar-refractivity contribution < 1.29 is 27.2 Å². The summed E-state index contributed by atoms with van der Waals surface area (Å²) in [5.74, 6) is 2.11. The van der Waals surface area contributed by atoms with Crippen LogP contribution in [-0.2, 0) is 52.5 Å². The van der Waals surface area contributed by atoms with Crippen LogP contribution in [-0.4, -0.2) is 0 Å². The first-order chi connectivity index (χ1) is 34.4. The molecule has 6 nitrogen and oxygen atoms in total. The van der Waals surface area contributed by atoms with Crippen LogP contribution in [0.25, 0.3) is 11.1 Å². The van der Waals surface area contributed by atoms with E-state index in [0.29, 0.717) is 33.6 Å². The molecule has 0 N–H and O–H groups in total. The van der Waals surface area contributed by atoms with Crippen molar-refractivity contribution in [3.8, 4) is 34.1 Å². The van der Waals surface area contributed by atoms with Gasteiger partial charge in [0, 0.05) is 22.3 Å². The molecule has 0 atom stereocenters. The van der Waals surface area contributed by atoms with Crippen LogP contribution in [0, 0.1) is 0 Å². The summed E-state index contributed by atoms with van der Waals surface area (Å²) in [4.78, 5) is 0. The van der Waals surface area contributed by atoms with Crippen molar-refractivity contribution in [2.45, 2.75) is 209 Å². The summed E-state index contributed by atoms with van der Waals surface area (Å²) in [6, 6.07) is 40.3. The van der Waals surface area contributed by atoms with Crippen molar-refractivity contribution in [1.82, 2.24) is 0 Å². The lowest BCUT2D eigenvalue weighted by Crippen LogP contribution is -2.21. The Morgan fingerprint density at radius 3 is 0.592 bits per heavy atom. The van der Waals surface area contributed by atoms with Gasteiger partial charge in [0.2, 0.25) is 0 Å². The molecule has 0 saturated heterocycles. The van der Waals surface area contributed by atoms with Crippen LogP contribution in [0.1, 0.15) is 211 Å². The standard InChI is InChI=1S/C68H92O6P2/c1-61(2,3)47-29-37-53(65(13,14)15)57(41-47)71-75(69,72-58-42-48(62(4,5)6)30-38-54(58)66(16,17)18)51-33-25-45(26-34-51)46-27-35-52(36-28-46)76(70,73-59-43-49(63(7,8)9)31-39-55(59)67(19,20)21)74-60-44-50(64(10,11)12)32-40-56(60)68(22,23)24/h25-44H,1-24H3. The Balaban J connectivity index is 1.51. The first-order valence-corrected chi connectivity index (χ1v) is 30.3. The van der Waals surface area contributed by atoms with E-state index in [1.54, 1.807) is 0 Å². The summed E-state index contributed by atoms with van der Waals surface area (Å²) in [5, 5.41) is 0.834. The van der Waals surface area contributed by atoms with Gasteiger partial charge in [-0.05, 0) is 125 Å². The zero-order valence-corrected chi connectivity index (χ0v) is 52.7. The zero-order chi connectivity index (χ0) is 57.2. The van der Waals surface area contributed by atoms with Crippen molar-refractivity contribution in [3.63, 3.8) is 0 Å². The highest BCUT2D eigenvalue weighted by atomic mass is 31.2. The highest BCUT2D eigenvalue weighted by molar-refractivity contribution is 7.63. The third-order valence-electron chi connectivity index (χ3n) is 14.2. The van der Waals surface area contributed by atoms with Crippen LogP contribution in [0.3, 0.4) is 0 Å². The third-order valence-corrected chi connectivity index (χ3v) is 17.8. The number of hydrogen-bond acceptors (Lipinski definition) is 6. The van der Waals surface area contributed by atoms with E-state index in [4.69, 9.17) is 18.1 Å². The summed E-state index contributed by atoms with van der Waals surface area (Å²) in [6.07, 6.45) is 0. The summed E-state index contributed by atoms with van der Waals surface area (Å²) in [6.45, 7) is 51.7. The number of hydrogen-bond donors (Lipinski definition) is 0. The molecule has 0 unspecified atom stereocenters. The first-order valence-electron chi connectivity index (χ1n) is 27.2. The first kappa shape index (κ1) is 60.2. The van der Waals surface area contributed by atoms with Crippen LogP contribution < -0.4 is 28.7 Å². The Morgan fingerprint density at radius 1 is 0.250 bits per heavy atom. The lowest BCUT2D eigenvalue weighted by Gasteiger charge is -2.31. The van der Waals surface area contributed by atoms with Gasteiger partial charge in [0.25, 0.3) is 0 Å². The Hall–Kier alpha value is -5.02. The van der Waals surface area contributed by atoms with E-state index < -0.39 is 15.2 Å². The van der Waals surface area contributed by atoms with Gasteiger partial charge in [-0.3, -0.25) is 0 Å². The zero-order valence-electron chi connectivity index (χ0n) is 50.9. The number of benzene rings is 6. The predicted octanol–water partition coefficient (Wildman–Crippen LogP) is 19.7. The topological polar surface area (TPSA) is 71.1 Å². The molecule has 0 radical (unpaired) electrons. The minimum Gasteiger partial charge on any atom is -0.412 e. The van der Waals surface area contributed by atoms with Gasteiger partial charge < -0.3 is 18.1 Å². The normalized spacial score (nSPS) is 13.6. The molecule has 0 aromatic heterocycles. The van der Waals surface area contributed by atoms with Crippen molar-refractivity contribution in [1.29, 1.82) is 0 Å². The monoisotopic (exact) mass is 1070 g/mol. The number of rotatable bonds is 11. The largest absolute Gasteiger partial charge is 0.462 e. The molecule has 0 heterocycles. The van der Waals surface area contributed by atoms with E-state index >= 15 is 9.13 Å². The maximum atomic E-state index is 16.2. The van der Waals surface area contributed by atoms with E-state index in [9.17, 15) is 0 Å². The van der Waals surface area contributed by atoms with Gasteiger partial charge in [0.15, 0.2) is 0 Å². The van der Waals surface area contributed by atoms with Gasteiger partial charge >= 0.3 is 15.2 Å². The van der Waals surface area contributed by atoms with Crippen molar-refractivity contribution in [2.24, 2.45) is 0 Å². The molecule has 0 saturated carbocycles. The van der Waals surface area contributed by atoms with Crippen LogP contribution in [0.15, 0.2) is 121 Å². The van der Waals surface area contributed by atoms with Crippen molar-refractivity contribution in [3.05, 3.63) is 166 Å². The Labute approximate surface area is 460 Å². The molecular weight excluding hydrogens is 975 g/mol. The van der Waals surface area contributed by atoms with Gasteiger partial charge in [-0.2, -0.15) is 0 Å². The molecule has 6 rings (SSSR count). The quantitative estimate of drug-likeness (QED) is 0.120. The van der Waals surface area contributed by atoms with Crippen LogP contribution in [0.5, 0.6) is 23.0 Å². The second-order valence-corrected chi connectivity index (χ2v) is 33.1. The molecule has 0 aliphatic heterocycles. The SMILES string of the molecule is CC(C)(C)c1ccc(C(C)(C)C)c(OP(=O)(Oc2cc(C(C)(C)C)ccc2C(C)(C)C)c2ccc(-c3ccc(P(=O)(Oc4cc(C(C)(C)C)ccc4C(C)(C)C)Oc4cc(C(C)(C)C)ccc4C(C)(C)C)cc3)cc2)c1. The molecule has 0 amide bonds. The van der Waals surface area contributed by atoms with Gasteiger partial charge in [0.1, 0.15) is 23.0 Å². The molecule has 410 valence electrons. The summed E-state index contributed by atoms with van der Waals surface area (Å²) in [7, 11) is -8.38. The van der Waals surface area contributed by atoms with Gasteiger partial charge in [-0.15, -0.1) is 0 Å². The molecule has 8 heteroatoms. The minimum absolute atomic E-state index is 0.192. The van der Waals surface area contributed by atoms with E-state index in [2.05, 4.69) is 215 Å². The fraction of sp³-hybridized carbons (Fsp3) is 0.471. The molecule has 0 aliphatic carbocycles. The molecular formula is C68H92O6P2. The Morgan fingerprint density at radius 2 is 0.434 bits per heavy atom. The van der Waals surface area contributed by atoms with E-state index in [-0.39, 0.29) is 43.3 Å². The molecule has 0 bridgehead atoms. The third kappa shape index (κ3) is 14.0. The Kier molecular flexibility index (Phi) is 16.4. The lowest BCUT2D eigenvalue weighted by molar-refractivity contribution is 0.384. The summed E-state index contributed by atoms with van der Waals surface area (Å²) >= 11 is 0. The van der Waals surface area contributed by atoms with Crippen LogP contribution in [0.2, 0.25) is 0 Å². The van der Waals surface area contributed by atoms with E-state index in [1.165, 1.54) is 0 Å². The van der Waals surface area contributed by atoms with Crippen LogP contribution in [0.4, 0.5) is 0 Å². The lowest BCUT2D eigenvalue weighted by atomic mass is 9.81. The average Bonchev–Trinajstić information content (AvgIpc) is 3.26. The molecule has 76 heavy (non-hydrogen) atoms. The minimum atomic E-state index is -4.19. The maximum Gasteiger partial charge on any atom is 0.462 e. The maximum absolute atomic E-state index is 16.2. The fourth-order valence-corrected chi connectivity index (χ4v) is 12.3.